The van der Waals surface area contributed by atoms with E-state index < -0.39 is 29.9 Å². The second-order valence-corrected chi connectivity index (χ2v) is 6.52. The van der Waals surface area contributed by atoms with E-state index in [9.17, 15) is 9.18 Å². The molecule has 0 spiro atoms. The minimum absolute atomic E-state index is 0.200. The lowest BCUT2D eigenvalue weighted by Gasteiger charge is -2.09. The van der Waals surface area contributed by atoms with Crippen molar-refractivity contribution in [3.63, 3.8) is 0 Å². The van der Waals surface area contributed by atoms with Gasteiger partial charge in [-0.2, -0.15) is 9.38 Å². The molecule has 0 saturated carbocycles. The van der Waals surface area contributed by atoms with Crippen LogP contribution in [0.1, 0.15) is 16.7 Å². The number of aliphatic imine (C=N–C) groups is 2. The largest absolute Gasteiger partial charge is 0.407 e. The standard InChI is InChI=1S/C22H17FN6O2/c23-17-11-10-14(12-26-17)19(24)31-22(25)29-20-21(30)27-16-9-5-4-8-15(16)18(28-20)13-6-2-1-3-7-13/h1-12,20,24H,(H2,25,29)(H,27,30). The number of nitrogens with two attached hydrogens (primary N) is 1. The zero-order chi connectivity index (χ0) is 21.8. The Kier molecular flexibility index (Phi) is 5.48. The number of halogens is 1. The average molecular weight is 416 g/mol. The molecule has 1 aromatic heterocycles. The number of benzodiazepines with no additional fused rings is 1. The van der Waals surface area contributed by atoms with E-state index in [-0.39, 0.29) is 5.56 Å². The van der Waals surface area contributed by atoms with E-state index in [1.54, 1.807) is 12.1 Å². The summed E-state index contributed by atoms with van der Waals surface area (Å²) >= 11 is 0. The Hall–Kier alpha value is -4.40. The van der Waals surface area contributed by atoms with Gasteiger partial charge in [-0.25, -0.2) is 9.98 Å². The van der Waals surface area contributed by atoms with Crippen molar-refractivity contribution < 1.29 is 13.9 Å². The van der Waals surface area contributed by atoms with Crippen molar-refractivity contribution in [2.45, 2.75) is 6.17 Å². The second-order valence-electron chi connectivity index (χ2n) is 6.52. The van der Waals surface area contributed by atoms with Crippen LogP contribution in [0.25, 0.3) is 0 Å². The molecule has 2 heterocycles. The molecule has 0 bridgehead atoms. The van der Waals surface area contributed by atoms with Gasteiger partial charge in [-0.1, -0.05) is 48.5 Å². The van der Waals surface area contributed by atoms with Crippen molar-refractivity contribution in [1.82, 2.24) is 4.98 Å². The fraction of sp³-hybridized carbons (Fsp3) is 0.0455. The van der Waals surface area contributed by atoms with Crippen molar-refractivity contribution in [1.29, 1.82) is 5.41 Å². The predicted octanol–water partition coefficient (Wildman–Crippen LogP) is 2.69. The molecule has 0 saturated heterocycles. The van der Waals surface area contributed by atoms with Crippen molar-refractivity contribution in [3.8, 4) is 0 Å². The molecule has 3 aromatic rings. The summed E-state index contributed by atoms with van der Waals surface area (Å²) in [6.45, 7) is 0. The number of rotatable bonds is 3. The molecule has 1 unspecified atom stereocenters. The van der Waals surface area contributed by atoms with Gasteiger partial charge in [0, 0.05) is 17.3 Å². The molecule has 9 heteroatoms. The number of fused-ring (bicyclic) bond motifs is 1. The number of pyridine rings is 1. The molecule has 0 fully saturated rings. The number of anilines is 1. The van der Waals surface area contributed by atoms with E-state index in [2.05, 4.69) is 20.3 Å². The van der Waals surface area contributed by atoms with Crippen molar-refractivity contribution in [2.24, 2.45) is 15.7 Å². The molecule has 31 heavy (non-hydrogen) atoms. The molecule has 1 amide bonds. The maximum Gasteiger partial charge on any atom is 0.291 e. The first-order chi connectivity index (χ1) is 15.0. The van der Waals surface area contributed by atoms with E-state index in [0.717, 1.165) is 23.4 Å². The lowest BCUT2D eigenvalue weighted by molar-refractivity contribution is -0.117. The molecule has 4 N–H and O–H groups in total. The van der Waals surface area contributed by atoms with Crippen LogP contribution >= 0.6 is 0 Å². The number of carbonyl (C=O) groups is 1. The number of amides is 1. The lowest BCUT2D eigenvalue weighted by Crippen LogP contribution is -2.29. The maximum atomic E-state index is 13.0. The third-order valence-electron chi connectivity index (χ3n) is 4.42. The lowest BCUT2D eigenvalue weighted by atomic mass is 10.0. The number of nitrogens with one attached hydrogen (secondary N) is 2. The summed E-state index contributed by atoms with van der Waals surface area (Å²) in [5, 5.41) is 10.7. The predicted molar refractivity (Wildman–Crippen MR) is 115 cm³/mol. The van der Waals surface area contributed by atoms with Crippen LogP contribution < -0.4 is 11.1 Å². The molecule has 1 aliphatic rings. The van der Waals surface area contributed by atoms with E-state index in [0.29, 0.717) is 11.4 Å². The summed E-state index contributed by atoms with van der Waals surface area (Å²) in [5.74, 6) is -1.58. The Labute approximate surface area is 176 Å². The van der Waals surface area contributed by atoms with Gasteiger partial charge in [0.15, 0.2) is 0 Å². The fourth-order valence-corrected chi connectivity index (χ4v) is 2.98. The van der Waals surface area contributed by atoms with Crippen LogP contribution in [0.5, 0.6) is 0 Å². The smallest absolute Gasteiger partial charge is 0.291 e. The summed E-state index contributed by atoms with van der Waals surface area (Å²) in [6, 6.07) is 18.6. The van der Waals surface area contributed by atoms with Crippen molar-refractivity contribution in [2.75, 3.05) is 5.32 Å². The van der Waals surface area contributed by atoms with Gasteiger partial charge in [0.2, 0.25) is 18.0 Å². The molecule has 0 aliphatic carbocycles. The molecule has 0 radical (unpaired) electrons. The van der Waals surface area contributed by atoms with Gasteiger partial charge in [-0.15, -0.1) is 0 Å². The minimum Gasteiger partial charge on any atom is -0.407 e. The van der Waals surface area contributed by atoms with Crippen LogP contribution in [-0.2, 0) is 9.53 Å². The molecular formula is C22H17FN6O2. The van der Waals surface area contributed by atoms with Crippen molar-refractivity contribution in [3.05, 3.63) is 95.6 Å². The average Bonchev–Trinajstić information content (AvgIpc) is 2.91. The number of benzene rings is 2. The van der Waals surface area contributed by atoms with Gasteiger partial charge in [0.1, 0.15) is 0 Å². The van der Waals surface area contributed by atoms with Crippen LogP contribution in [0, 0.1) is 11.4 Å². The highest BCUT2D eigenvalue weighted by molar-refractivity contribution is 6.19. The Morgan fingerprint density at radius 2 is 1.84 bits per heavy atom. The third-order valence-corrected chi connectivity index (χ3v) is 4.42. The summed E-state index contributed by atoms with van der Waals surface area (Å²) in [5.41, 5.74) is 8.72. The monoisotopic (exact) mass is 416 g/mol. The van der Waals surface area contributed by atoms with E-state index in [4.69, 9.17) is 15.9 Å². The Morgan fingerprint density at radius 3 is 2.58 bits per heavy atom. The number of para-hydroxylation sites is 1. The van der Waals surface area contributed by atoms with Crippen LogP contribution in [0.2, 0.25) is 0 Å². The molecule has 8 nitrogen and oxygen atoms in total. The number of hydrogen-bond acceptors (Lipinski definition) is 6. The molecular weight excluding hydrogens is 399 g/mol. The summed E-state index contributed by atoms with van der Waals surface area (Å²) < 4.78 is 18.1. The SMILES string of the molecule is N=C(O/C(N)=N/C1N=C(c2ccccc2)c2ccccc2NC1=O)c1ccc(F)nc1. The fourth-order valence-electron chi connectivity index (χ4n) is 2.98. The topological polar surface area (TPSA) is 126 Å². The highest BCUT2D eigenvalue weighted by atomic mass is 19.1. The molecule has 154 valence electrons. The zero-order valence-corrected chi connectivity index (χ0v) is 16.1. The number of amidine groups is 1. The van der Waals surface area contributed by atoms with Crippen LogP contribution in [0.15, 0.2) is 82.9 Å². The Balaban J connectivity index is 1.66. The van der Waals surface area contributed by atoms with Crippen LogP contribution in [-0.4, -0.2) is 34.7 Å². The van der Waals surface area contributed by atoms with E-state index >= 15 is 0 Å². The van der Waals surface area contributed by atoms with Gasteiger partial charge in [-0.3, -0.25) is 10.2 Å². The number of aromatic nitrogens is 1. The van der Waals surface area contributed by atoms with Gasteiger partial charge >= 0.3 is 0 Å². The maximum absolute atomic E-state index is 13.0. The summed E-state index contributed by atoms with van der Waals surface area (Å²) in [4.78, 5) is 24.8. The molecule has 1 aliphatic heterocycles. The number of ether oxygens (including phenoxy) is 1. The highest BCUT2D eigenvalue weighted by Gasteiger charge is 2.26. The molecule has 4 rings (SSSR count). The van der Waals surface area contributed by atoms with Gasteiger partial charge < -0.3 is 15.8 Å². The molecule has 1 atom stereocenters. The first-order valence-electron chi connectivity index (χ1n) is 9.26. The first kappa shape index (κ1) is 19.9. The second kappa shape index (κ2) is 8.54. The zero-order valence-electron chi connectivity index (χ0n) is 16.1. The van der Waals surface area contributed by atoms with Gasteiger partial charge in [-0.05, 0) is 18.2 Å². The van der Waals surface area contributed by atoms with Crippen LogP contribution in [0.3, 0.4) is 0 Å². The quantitative estimate of drug-likeness (QED) is 0.345. The highest BCUT2D eigenvalue weighted by Crippen LogP contribution is 2.24. The van der Waals surface area contributed by atoms with Crippen molar-refractivity contribution >= 4 is 29.2 Å². The number of carbonyl (C=O) groups excluding carboxylic acids is 1. The first-order valence-corrected chi connectivity index (χ1v) is 9.26. The van der Waals surface area contributed by atoms with Crippen LogP contribution in [0.4, 0.5) is 10.1 Å². The normalized spacial score (nSPS) is 15.9. The van der Waals surface area contributed by atoms with E-state index in [1.165, 1.54) is 6.07 Å². The summed E-state index contributed by atoms with van der Waals surface area (Å²) in [7, 11) is 0. The summed E-state index contributed by atoms with van der Waals surface area (Å²) in [6.07, 6.45) is -0.104. The van der Waals surface area contributed by atoms with Gasteiger partial charge in [0.05, 0.1) is 17.0 Å². The number of hydrogen-bond donors (Lipinski definition) is 3. The molecule has 2 aromatic carbocycles. The Morgan fingerprint density at radius 1 is 1.10 bits per heavy atom. The minimum atomic E-state index is -1.23. The van der Waals surface area contributed by atoms with Gasteiger partial charge in [0.25, 0.3) is 11.9 Å². The van der Waals surface area contributed by atoms with E-state index in [1.807, 2.05) is 42.5 Å². The third kappa shape index (κ3) is 4.45. The Bertz CT molecular complexity index is 1190. The number of nitrogens with zero attached hydrogens (tertiary/aromatic N) is 3.